The van der Waals surface area contributed by atoms with E-state index in [1.54, 1.807) is 6.26 Å². The van der Waals surface area contributed by atoms with E-state index in [1.807, 2.05) is 0 Å². The van der Waals surface area contributed by atoms with Crippen LogP contribution in [0.25, 0.3) is 0 Å². The maximum Gasteiger partial charge on any atom is 0.121 e. The molecule has 0 aromatic carbocycles. The lowest BCUT2D eigenvalue weighted by Crippen LogP contribution is -2.36. The largest absolute Gasteiger partial charge is 0.468 e. The van der Waals surface area contributed by atoms with Gasteiger partial charge < -0.3 is 10.2 Å². The molecule has 2 N–H and O–H groups in total. The minimum absolute atomic E-state index is 0.505. The van der Waals surface area contributed by atoms with Gasteiger partial charge >= 0.3 is 0 Å². The molecular formula is C14H24N2O. The van der Waals surface area contributed by atoms with Crippen molar-refractivity contribution in [2.45, 2.75) is 58.2 Å². The van der Waals surface area contributed by atoms with Crippen molar-refractivity contribution in [2.75, 3.05) is 6.54 Å². The topological polar surface area (TPSA) is 42.4 Å². The summed E-state index contributed by atoms with van der Waals surface area (Å²) in [4.78, 5) is 2.57. The molecule has 96 valence electrons. The molecule has 2 rings (SSSR count). The summed E-state index contributed by atoms with van der Waals surface area (Å²) in [5, 5.41) is 0. The van der Waals surface area contributed by atoms with Crippen molar-refractivity contribution in [2.24, 2.45) is 5.73 Å². The highest BCUT2D eigenvalue weighted by Gasteiger charge is 2.21. The third-order valence-electron chi connectivity index (χ3n) is 3.89. The summed E-state index contributed by atoms with van der Waals surface area (Å²) in [5.41, 5.74) is 6.94. The number of hydrogen-bond acceptors (Lipinski definition) is 3. The second kappa shape index (κ2) is 6.22. The smallest absolute Gasteiger partial charge is 0.121 e. The van der Waals surface area contributed by atoms with E-state index in [0.29, 0.717) is 6.54 Å². The Kier molecular flexibility index (Phi) is 4.63. The van der Waals surface area contributed by atoms with Gasteiger partial charge in [-0.1, -0.05) is 26.2 Å². The molecule has 0 saturated heterocycles. The standard InChI is InChI=1S/C14H24N2O/c1-2-16(13-6-4-3-5-7-13)11-12-8-9-17-14(12)10-15/h8-9,13H,2-7,10-11,15H2,1H3. The second-order valence-corrected chi connectivity index (χ2v) is 4.93. The van der Waals surface area contributed by atoms with Crippen molar-refractivity contribution in [3.05, 3.63) is 23.7 Å². The summed E-state index contributed by atoms with van der Waals surface area (Å²) in [5.74, 6) is 0.944. The van der Waals surface area contributed by atoms with Crippen LogP contribution < -0.4 is 5.73 Å². The lowest BCUT2D eigenvalue weighted by Gasteiger charge is -2.33. The first-order valence-electron chi connectivity index (χ1n) is 6.84. The van der Waals surface area contributed by atoms with E-state index in [9.17, 15) is 0 Å². The Bertz CT molecular complexity index is 329. The molecule has 1 aromatic heterocycles. The Morgan fingerprint density at radius 2 is 2.12 bits per heavy atom. The molecule has 0 bridgehead atoms. The van der Waals surface area contributed by atoms with Crippen LogP contribution in [0.2, 0.25) is 0 Å². The quantitative estimate of drug-likeness (QED) is 0.854. The zero-order valence-corrected chi connectivity index (χ0v) is 10.8. The van der Waals surface area contributed by atoms with E-state index < -0.39 is 0 Å². The minimum atomic E-state index is 0.505. The normalized spacial score (nSPS) is 17.8. The second-order valence-electron chi connectivity index (χ2n) is 4.93. The van der Waals surface area contributed by atoms with Crippen molar-refractivity contribution in [3.63, 3.8) is 0 Å². The third-order valence-corrected chi connectivity index (χ3v) is 3.89. The van der Waals surface area contributed by atoms with Crippen LogP contribution in [0.15, 0.2) is 16.7 Å². The van der Waals surface area contributed by atoms with Gasteiger partial charge in [-0.2, -0.15) is 0 Å². The summed E-state index contributed by atoms with van der Waals surface area (Å²) >= 11 is 0. The molecule has 0 atom stereocenters. The van der Waals surface area contributed by atoms with Gasteiger partial charge in [-0.05, 0) is 25.5 Å². The first kappa shape index (κ1) is 12.7. The SMILES string of the molecule is CCN(Cc1ccoc1CN)C1CCCCC1. The van der Waals surface area contributed by atoms with Crippen LogP contribution in [-0.2, 0) is 13.1 Å². The molecule has 1 aliphatic carbocycles. The minimum Gasteiger partial charge on any atom is -0.468 e. The fourth-order valence-corrected chi connectivity index (χ4v) is 2.85. The summed E-state index contributed by atoms with van der Waals surface area (Å²) in [6, 6.07) is 2.82. The van der Waals surface area contributed by atoms with Crippen molar-refractivity contribution >= 4 is 0 Å². The van der Waals surface area contributed by atoms with E-state index in [0.717, 1.165) is 24.9 Å². The fourth-order valence-electron chi connectivity index (χ4n) is 2.85. The van der Waals surface area contributed by atoms with Gasteiger partial charge in [0.15, 0.2) is 0 Å². The highest BCUT2D eigenvalue weighted by Crippen LogP contribution is 2.24. The van der Waals surface area contributed by atoms with Gasteiger partial charge in [0.05, 0.1) is 12.8 Å². The van der Waals surface area contributed by atoms with Crippen LogP contribution in [0.1, 0.15) is 50.4 Å². The van der Waals surface area contributed by atoms with Crippen molar-refractivity contribution < 1.29 is 4.42 Å². The molecule has 1 aliphatic rings. The average molecular weight is 236 g/mol. The van der Waals surface area contributed by atoms with Crippen molar-refractivity contribution in [1.82, 2.24) is 4.90 Å². The molecule has 3 nitrogen and oxygen atoms in total. The molecule has 0 radical (unpaired) electrons. The van der Waals surface area contributed by atoms with Gasteiger partial charge in [0.2, 0.25) is 0 Å². The van der Waals surface area contributed by atoms with Gasteiger partial charge in [-0.15, -0.1) is 0 Å². The first-order valence-corrected chi connectivity index (χ1v) is 6.84. The molecule has 0 unspecified atom stereocenters. The van der Waals surface area contributed by atoms with Gasteiger partial charge in [-0.3, -0.25) is 4.90 Å². The predicted octanol–water partition coefficient (Wildman–Crippen LogP) is 2.89. The van der Waals surface area contributed by atoms with Crippen LogP contribution in [0.3, 0.4) is 0 Å². The zero-order valence-electron chi connectivity index (χ0n) is 10.8. The average Bonchev–Trinajstić information content (AvgIpc) is 2.84. The molecule has 1 fully saturated rings. The Hall–Kier alpha value is -0.800. The number of nitrogens with zero attached hydrogens (tertiary/aromatic N) is 1. The van der Waals surface area contributed by atoms with Crippen LogP contribution in [-0.4, -0.2) is 17.5 Å². The molecule has 1 heterocycles. The van der Waals surface area contributed by atoms with E-state index in [-0.39, 0.29) is 0 Å². The Balaban J connectivity index is 1.98. The Morgan fingerprint density at radius 1 is 1.35 bits per heavy atom. The van der Waals surface area contributed by atoms with Gasteiger partial charge in [0.1, 0.15) is 5.76 Å². The van der Waals surface area contributed by atoms with Crippen LogP contribution in [0, 0.1) is 0 Å². The van der Waals surface area contributed by atoms with Gasteiger partial charge in [0.25, 0.3) is 0 Å². The van der Waals surface area contributed by atoms with E-state index in [1.165, 1.54) is 37.7 Å². The number of rotatable bonds is 5. The molecule has 3 heteroatoms. The van der Waals surface area contributed by atoms with Gasteiger partial charge in [0, 0.05) is 18.2 Å². The van der Waals surface area contributed by atoms with Crippen molar-refractivity contribution in [3.8, 4) is 0 Å². The molecule has 1 aromatic rings. The molecule has 0 aliphatic heterocycles. The summed E-state index contributed by atoms with van der Waals surface area (Å²) < 4.78 is 5.39. The van der Waals surface area contributed by atoms with Gasteiger partial charge in [-0.25, -0.2) is 0 Å². The maximum atomic E-state index is 5.68. The van der Waals surface area contributed by atoms with Crippen LogP contribution in [0.5, 0.6) is 0 Å². The molecule has 17 heavy (non-hydrogen) atoms. The number of nitrogens with two attached hydrogens (primary N) is 1. The molecule has 0 amide bonds. The van der Waals surface area contributed by atoms with E-state index in [2.05, 4.69) is 17.9 Å². The first-order chi connectivity index (χ1) is 8.35. The summed E-state index contributed by atoms with van der Waals surface area (Å²) in [7, 11) is 0. The highest BCUT2D eigenvalue weighted by molar-refractivity contribution is 5.16. The number of hydrogen-bond donors (Lipinski definition) is 1. The lowest BCUT2D eigenvalue weighted by molar-refractivity contribution is 0.155. The Labute approximate surface area is 104 Å². The molecule has 1 saturated carbocycles. The highest BCUT2D eigenvalue weighted by atomic mass is 16.3. The maximum absolute atomic E-state index is 5.68. The predicted molar refractivity (Wildman–Crippen MR) is 69.6 cm³/mol. The summed E-state index contributed by atoms with van der Waals surface area (Å²) in [6.07, 6.45) is 8.64. The van der Waals surface area contributed by atoms with Crippen LogP contribution in [0.4, 0.5) is 0 Å². The third kappa shape index (κ3) is 3.11. The molecule has 0 spiro atoms. The summed E-state index contributed by atoms with van der Waals surface area (Å²) in [6.45, 7) is 4.85. The monoisotopic (exact) mass is 236 g/mol. The fraction of sp³-hybridized carbons (Fsp3) is 0.714. The number of furan rings is 1. The van der Waals surface area contributed by atoms with E-state index >= 15 is 0 Å². The zero-order chi connectivity index (χ0) is 12.1. The van der Waals surface area contributed by atoms with E-state index in [4.69, 9.17) is 10.2 Å². The lowest BCUT2D eigenvalue weighted by atomic mass is 9.94. The van der Waals surface area contributed by atoms with Crippen LogP contribution >= 0.6 is 0 Å². The molecular weight excluding hydrogens is 212 g/mol. The Morgan fingerprint density at radius 3 is 2.76 bits per heavy atom. The van der Waals surface area contributed by atoms with Crippen molar-refractivity contribution in [1.29, 1.82) is 0 Å².